The fourth-order valence-corrected chi connectivity index (χ4v) is 1.64. The van der Waals surface area contributed by atoms with E-state index in [0.717, 1.165) is 0 Å². The molecule has 1 aromatic carbocycles. The smallest absolute Gasteiger partial charge is 0.316 e. The molecule has 0 aliphatic heterocycles. The second-order valence-corrected chi connectivity index (χ2v) is 4.09. The fraction of sp³-hybridized carbons (Fsp3) is 0.385. The van der Waals surface area contributed by atoms with Crippen LogP contribution in [0.3, 0.4) is 0 Å². The minimum absolute atomic E-state index is 0.0726. The number of carbonyl (C=O) groups is 2. The van der Waals surface area contributed by atoms with Crippen LogP contribution >= 0.6 is 0 Å². The van der Waals surface area contributed by atoms with Gasteiger partial charge in [0.15, 0.2) is 5.78 Å². The van der Waals surface area contributed by atoms with Crippen molar-refractivity contribution < 1.29 is 18.7 Å². The number of hydrogen-bond acceptors (Lipinski definition) is 3. The summed E-state index contributed by atoms with van der Waals surface area (Å²) in [6.07, 6.45) is 0. The molecule has 1 rings (SSSR count). The van der Waals surface area contributed by atoms with Gasteiger partial charge < -0.3 is 4.74 Å². The number of hydrogen-bond donors (Lipinski definition) is 0. The van der Waals surface area contributed by atoms with Gasteiger partial charge in [-0.05, 0) is 18.1 Å². The van der Waals surface area contributed by atoms with Crippen LogP contribution < -0.4 is 0 Å². The van der Waals surface area contributed by atoms with Crippen molar-refractivity contribution in [2.45, 2.75) is 13.8 Å². The molecular formula is C13H15FO3. The summed E-state index contributed by atoms with van der Waals surface area (Å²) in [6, 6.07) is 5.62. The normalized spacial score (nSPS) is 12.3. The third-order valence-electron chi connectivity index (χ3n) is 2.54. The zero-order valence-electron chi connectivity index (χ0n) is 10.1. The van der Waals surface area contributed by atoms with Crippen LogP contribution in [0.1, 0.15) is 24.2 Å². The van der Waals surface area contributed by atoms with Crippen LogP contribution in [0.15, 0.2) is 24.3 Å². The molecule has 3 nitrogen and oxygen atoms in total. The number of esters is 1. The number of rotatable bonds is 4. The third kappa shape index (κ3) is 2.90. The molecule has 0 spiro atoms. The van der Waals surface area contributed by atoms with Gasteiger partial charge >= 0.3 is 5.97 Å². The van der Waals surface area contributed by atoms with E-state index < -0.39 is 23.5 Å². The van der Waals surface area contributed by atoms with Crippen LogP contribution in [0.5, 0.6) is 0 Å². The Morgan fingerprint density at radius 1 is 1.24 bits per heavy atom. The van der Waals surface area contributed by atoms with Crippen molar-refractivity contribution in [3.05, 3.63) is 35.6 Å². The summed E-state index contributed by atoms with van der Waals surface area (Å²) in [5, 5.41) is 0. The molecule has 1 atom stereocenters. The lowest BCUT2D eigenvalue weighted by atomic mass is 9.88. The Hall–Kier alpha value is -1.71. The molecule has 4 heteroatoms. The van der Waals surface area contributed by atoms with E-state index >= 15 is 0 Å². The maximum atomic E-state index is 13.5. The van der Waals surface area contributed by atoms with Gasteiger partial charge in [0, 0.05) is 0 Å². The summed E-state index contributed by atoms with van der Waals surface area (Å²) < 4.78 is 18.0. The van der Waals surface area contributed by atoms with Gasteiger partial charge in [0.2, 0.25) is 0 Å². The zero-order valence-corrected chi connectivity index (χ0v) is 10.1. The van der Waals surface area contributed by atoms with E-state index in [4.69, 9.17) is 0 Å². The van der Waals surface area contributed by atoms with Crippen molar-refractivity contribution in [3.63, 3.8) is 0 Å². The first-order valence-electron chi connectivity index (χ1n) is 5.35. The molecule has 92 valence electrons. The van der Waals surface area contributed by atoms with Crippen LogP contribution in [0, 0.1) is 17.7 Å². The van der Waals surface area contributed by atoms with Gasteiger partial charge in [-0.2, -0.15) is 0 Å². The number of methoxy groups -OCH3 is 1. The Balaban J connectivity index is 3.09. The molecule has 17 heavy (non-hydrogen) atoms. The van der Waals surface area contributed by atoms with E-state index in [9.17, 15) is 14.0 Å². The molecule has 0 aromatic heterocycles. The molecule has 0 bridgehead atoms. The van der Waals surface area contributed by atoms with Crippen LogP contribution in [-0.2, 0) is 9.53 Å². The molecule has 0 saturated carbocycles. The SMILES string of the molecule is COC(=O)C(C(=O)c1ccccc1F)C(C)C. The van der Waals surface area contributed by atoms with Crippen molar-refractivity contribution in [3.8, 4) is 0 Å². The molecule has 0 saturated heterocycles. The number of Topliss-reactive ketones (excluding diaryl/α,β-unsaturated/α-hetero) is 1. The standard InChI is InChI=1S/C13H15FO3/c1-8(2)11(13(16)17-3)12(15)9-6-4-5-7-10(9)14/h4-8,11H,1-3H3. The van der Waals surface area contributed by atoms with E-state index in [-0.39, 0.29) is 11.5 Å². The molecule has 0 aliphatic rings. The maximum Gasteiger partial charge on any atom is 0.316 e. The van der Waals surface area contributed by atoms with Gasteiger partial charge in [0.25, 0.3) is 0 Å². The Labute approximate surface area is 99.6 Å². The summed E-state index contributed by atoms with van der Waals surface area (Å²) in [6.45, 7) is 3.45. The molecule has 0 radical (unpaired) electrons. The largest absolute Gasteiger partial charge is 0.468 e. The second-order valence-electron chi connectivity index (χ2n) is 4.09. The maximum absolute atomic E-state index is 13.5. The Morgan fingerprint density at radius 3 is 2.29 bits per heavy atom. The third-order valence-corrected chi connectivity index (χ3v) is 2.54. The highest BCUT2D eigenvalue weighted by atomic mass is 19.1. The van der Waals surface area contributed by atoms with E-state index in [1.807, 2.05) is 0 Å². The average Bonchev–Trinajstić information content (AvgIpc) is 2.28. The van der Waals surface area contributed by atoms with Crippen molar-refractivity contribution in [2.75, 3.05) is 7.11 Å². The molecule has 0 fully saturated rings. The number of ketones is 1. The van der Waals surface area contributed by atoms with Crippen LogP contribution in [-0.4, -0.2) is 18.9 Å². The van der Waals surface area contributed by atoms with Gasteiger partial charge in [-0.25, -0.2) is 4.39 Å². The fourth-order valence-electron chi connectivity index (χ4n) is 1.64. The lowest BCUT2D eigenvalue weighted by Crippen LogP contribution is -2.30. The van der Waals surface area contributed by atoms with Gasteiger partial charge in [-0.15, -0.1) is 0 Å². The van der Waals surface area contributed by atoms with E-state index in [2.05, 4.69) is 4.74 Å². The predicted octanol–water partition coefficient (Wildman–Crippen LogP) is 2.45. The molecule has 0 aliphatic carbocycles. The van der Waals surface area contributed by atoms with Gasteiger partial charge in [-0.1, -0.05) is 26.0 Å². The lowest BCUT2D eigenvalue weighted by Gasteiger charge is -2.17. The Bertz CT molecular complexity index is 426. The minimum atomic E-state index is -0.961. The topological polar surface area (TPSA) is 43.4 Å². The average molecular weight is 238 g/mol. The Kier molecular flexibility index (Phi) is 4.37. The Morgan fingerprint density at radius 2 is 1.82 bits per heavy atom. The second kappa shape index (κ2) is 5.57. The van der Waals surface area contributed by atoms with Crippen molar-refractivity contribution in [1.82, 2.24) is 0 Å². The molecule has 0 amide bonds. The molecule has 0 N–H and O–H groups in total. The first kappa shape index (κ1) is 13.4. The van der Waals surface area contributed by atoms with Crippen LogP contribution in [0.25, 0.3) is 0 Å². The summed E-state index contributed by atoms with van der Waals surface area (Å²) in [5.41, 5.74) is -0.0726. The highest BCUT2D eigenvalue weighted by Gasteiger charge is 2.32. The molecule has 0 heterocycles. The van der Waals surface area contributed by atoms with Crippen LogP contribution in [0.2, 0.25) is 0 Å². The predicted molar refractivity (Wildman–Crippen MR) is 61.1 cm³/mol. The number of carbonyl (C=O) groups excluding carboxylic acids is 2. The number of halogens is 1. The van der Waals surface area contributed by atoms with Gasteiger partial charge in [-0.3, -0.25) is 9.59 Å². The first-order valence-corrected chi connectivity index (χ1v) is 5.35. The summed E-state index contributed by atoms with van der Waals surface area (Å²) >= 11 is 0. The van der Waals surface area contributed by atoms with Crippen molar-refractivity contribution >= 4 is 11.8 Å². The number of benzene rings is 1. The van der Waals surface area contributed by atoms with Crippen LogP contribution in [0.4, 0.5) is 4.39 Å². The highest BCUT2D eigenvalue weighted by molar-refractivity contribution is 6.08. The minimum Gasteiger partial charge on any atom is -0.468 e. The summed E-state index contributed by atoms with van der Waals surface area (Å²) in [5.74, 6) is -2.99. The number of ether oxygens (including phenoxy) is 1. The van der Waals surface area contributed by atoms with E-state index in [1.165, 1.54) is 25.3 Å². The van der Waals surface area contributed by atoms with Gasteiger partial charge in [0.05, 0.1) is 12.7 Å². The molecule has 1 unspecified atom stereocenters. The van der Waals surface area contributed by atoms with E-state index in [1.54, 1.807) is 19.9 Å². The monoisotopic (exact) mass is 238 g/mol. The van der Waals surface area contributed by atoms with Gasteiger partial charge in [0.1, 0.15) is 11.7 Å². The van der Waals surface area contributed by atoms with Crippen molar-refractivity contribution in [1.29, 1.82) is 0 Å². The highest BCUT2D eigenvalue weighted by Crippen LogP contribution is 2.20. The summed E-state index contributed by atoms with van der Waals surface area (Å²) in [4.78, 5) is 23.6. The van der Waals surface area contributed by atoms with Crippen molar-refractivity contribution in [2.24, 2.45) is 11.8 Å². The first-order chi connectivity index (χ1) is 7.99. The lowest BCUT2D eigenvalue weighted by molar-refractivity contribution is -0.144. The zero-order chi connectivity index (χ0) is 13.0. The molecular weight excluding hydrogens is 223 g/mol. The van der Waals surface area contributed by atoms with E-state index in [0.29, 0.717) is 0 Å². The summed E-state index contributed by atoms with van der Waals surface area (Å²) in [7, 11) is 1.21. The quantitative estimate of drug-likeness (QED) is 0.459. The molecule has 1 aromatic rings.